The Balaban J connectivity index is 2.65. The molecule has 1 aromatic carbocycles. The average Bonchev–Trinajstić information content (AvgIpc) is 2.38. The molecule has 18 heavy (non-hydrogen) atoms. The van der Waals surface area contributed by atoms with E-state index in [0.717, 1.165) is 5.56 Å². The Morgan fingerprint density at radius 2 is 2.11 bits per heavy atom. The number of thioether (sulfide) groups is 2. The molecule has 0 N–H and O–H groups in total. The molecular formula is C11H11Cl2NO2S2. The van der Waals surface area contributed by atoms with Crippen LogP contribution in [0, 0.1) is 0 Å². The summed E-state index contributed by atoms with van der Waals surface area (Å²) in [5, 5.41) is 1.05. The number of carbonyl (C=O) groups excluding carboxylic acids is 1. The van der Waals surface area contributed by atoms with E-state index in [1.165, 1.54) is 30.6 Å². The Kier molecular flexibility index (Phi) is 6.92. The van der Waals surface area contributed by atoms with E-state index in [9.17, 15) is 4.79 Å². The Morgan fingerprint density at radius 3 is 2.67 bits per heavy atom. The third-order valence-electron chi connectivity index (χ3n) is 1.88. The van der Waals surface area contributed by atoms with Gasteiger partial charge in [0.25, 0.3) is 0 Å². The van der Waals surface area contributed by atoms with Crippen molar-refractivity contribution in [3.63, 3.8) is 0 Å². The van der Waals surface area contributed by atoms with Crippen LogP contribution in [0.2, 0.25) is 10.0 Å². The number of carbonyl (C=O) groups is 1. The van der Waals surface area contributed by atoms with Crippen molar-refractivity contribution in [2.45, 2.75) is 5.75 Å². The summed E-state index contributed by atoms with van der Waals surface area (Å²) in [6, 6.07) is 5.43. The maximum absolute atomic E-state index is 11.0. The Hall–Kier alpha value is -0.360. The van der Waals surface area contributed by atoms with Gasteiger partial charge in [-0.1, -0.05) is 41.0 Å². The molecule has 0 unspecified atom stereocenters. The maximum Gasteiger partial charge on any atom is 0.434 e. The highest BCUT2D eigenvalue weighted by Crippen LogP contribution is 2.26. The van der Waals surface area contributed by atoms with Crippen LogP contribution >= 0.6 is 46.7 Å². The minimum absolute atomic E-state index is 0.519. The van der Waals surface area contributed by atoms with E-state index in [-0.39, 0.29) is 0 Å². The van der Waals surface area contributed by atoms with E-state index >= 15 is 0 Å². The van der Waals surface area contributed by atoms with Gasteiger partial charge in [-0.2, -0.15) is 4.99 Å². The minimum Gasteiger partial charge on any atom is -0.451 e. The van der Waals surface area contributed by atoms with Crippen molar-refractivity contribution in [1.82, 2.24) is 0 Å². The summed E-state index contributed by atoms with van der Waals surface area (Å²) in [5.41, 5.74) is 1.01. The lowest BCUT2D eigenvalue weighted by Crippen LogP contribution is -1.97. The standard InChI is InChI=1S/C11H11Cl2NO2S2/c1-16-10(15)14-11(17-2)18-6-7-3-4-8(12)9(13)5-7/h3-5H,6H2,1-2H3. The number of hydrogen-bond donors (Lipinski definition) is 0. The fourth-order valence-corrected chi connectivity index (χ4v) is 2.77. The van der Waals surface area contributed by atoms with Crippen LogP contribution in [0.5, 0.6) is 0 Å². The van der Waals surface area contributed by atoms with Crippen LogP contribution in [0.3, 0.4) is 0 Å². The molecule has 0 aliphatic heterocycles. The van der Waals surface area contributed by atoms with Gasteiger partial charge in [0.1, 0.15) is 4.38 Å². The molecule has 0 radical (unpaired) electrons. The molecule has 3 nitrogen and oxygen atoms in total. The molecule has 0 aromatic heterocycles. The van der Waals surface area contributed by atoms with Gasteiger partial charge in [0.2, 0.25) is 0 Å². The lowest BCUT2D eigenvalue weighted by molar-refractivity contribution is 0.183. The van der Waals surface area contributed by atoms with Crippen molar-refractivity contribution in [3.05, 3.63) is 33.8 Å². The van der Waals surface area contributed by atoms with Crippen LogP contribution in [0.4, 0.5) is 4.79 Å². The molecular weight excluding hydrogens is 313 g/mol. The molecule has 0 aliphatic rings. The summed E-state index contributed by atoms with van der Waals surface area (Å²) in [4.78, 5) is 14.8. The first-order valence-electron chi connectivity index (χ1n) is 4.84. The highest BCUT2D eigenvalue weighted by molar-refractivity contribution is 8.38. The second-order valence-electron chi connectivity index (χ2n) is 3.09. The van der Waals surface area contributed by atoms with Gasteiger partial charge in [-0.3, -0.25) is 0 Å². The van der Waals surface area contributed by atoms with Gasteiger partial charge in [0.15, 0.2) is 0 Å². The summed E-state index contributed by atoms with van der Waals surface area (Å²) < 4.78 is 5.12. The third kappa shape index (κ3) is 5.10. The van der Waals surface area contributed by atoms with Crippen LogP contribution < -0.4 is 0 Å². The first kappa shape index (κ1) is 15.7. The van der Waals surface area contributed by atoms with Crippen LogP contribution in [0.15, 0.2) is 23.2 Å². The summed E-state index contributed by atoms with van der Waals surface area (Å²) in [6.45, 7) is 0. The molecule has 0 atom stereocenters. The number of nitrogens with zero attached hydrogens (tertiary/aromatic N) is 1. The van der Waals surface area contributed by atoms with Crippen molar-refractivity contribution >= 4 is 57.2 Å². The van der Waals surface area contributed by atoms with E-state index in [4.69, 9.17) is 23.2 Å². The van der Waals surface area contributed by atoms with Crippen LogP contribution in [0.1, 0.15) is 5.56 Å². The lowest BCUT2D eigenvalue weighted by atomic mass is 10.2. The monoisotopic (exact) mass is 323 g/mol. The molecule has 98 valence electrons. The van der Waals surface area contributed by atoms with Gasteiger partial charge in [0.05, 0.1) is 17.2 Å². The second kappa shape index (κ2) is 7.94. The van der Waals surface area contributed by atoms with Crippen molar-refractivity contribution in [2.24, 2.45) is 4.99 Å². The minimum atomic E-state index is -0.596. The number of methoxy groups -OCH3 is 1. The SMILES string of the molecule is COC(=O)N=C(SC)SCc1ccc(Cl)c(Cl)c1. The smallest absolute Gasteiger partial charge is 0.434 e. The zero-order valence-corrected chi connectivity index (χ0v) is 12.9. The zero-order chi connectivity index (χ0) is 13.5. The normalized spacial score (nSPS) is 11.4. The largest absolute Gasteiger partial charge is 0.451 e. The highest BCUT2D eigenvalue weighted by atomic mass is 35.5. The predicted octanol–water partition coefficient (Wildman–Crippen LogP) is 4.71. The van der Waals surface area contributed by atoms with Gasteiger partial charge < -0.3 is 4.74 Å². The van der Waals surface area contributed by atoms with E-state index in [1.807, 2.05) is 12.3 Å². The fraction of sp³-hybridized carbons (Fsp3) is 0.273. The first-order valence-corrected chi connectivity index (χ1v) is 7.80. The second-order valence-corrected chi connectivity index (χ2v) is 5.92. The molecule has 0 saturated heterocycles. The number of hydrogen-bond acceptors (Lipinski definition) is 4. The summed E-state index contributed by atoms with van der Waals surface area (Å²) in [6.07, 6.45) is 1.25. The first-order chi connectivity index (χ1) is 8.56. The predicted molar refractivity (Wildman–Crippen MR) is 81.1 cm³/mol. The van der Waals surface area contributed by atoms with Crippen molar-refractivity contribution in [2.75, 3.05) is 13.4 Å². The number of halogens is 2. The molecule has 0 fully saturated rings. The Labute approximate surface area is 124 Å². The van der Waals surface area contributed by atoms with Crippen molar-refractivity contribution in [3.8, 4) is 0 Å². The van der Waals surface area contributed by atoms with Gasteiger partial charge >= 0.3 is 6.09 Å². The van der Waals surface area contributed by atoms with E-state index in [0.29, 0.717) is 20.2 Å². The molecule has 1 aromatic rings. The molecule has 0 heterocycles. The Bertz CT molecular complexity index is 466. The van der Waals surface area contributed by atoms with Crippen LogP contribution in [0.25, 0.3) is 0 Å². The van der Waals surface area contributed by atoms with Crippen molar-refractivity contribution in [1.29, 1.82) is 0 Å². The molecule has 1 rings (SSSR count). The molecule has 7 heteroatoms. The number of ether oxygens (including phenoxy) is 1. The van der Waals surface area contributed by atoms with Gasteiger partial charge in [0, 0.05) is 5.75 Å². The quantitative estimate of drug-likeness (QED) is 0.583. The van der Waals surface area contributed by atoms with Crippen LogP contribution in [-0.4, -0.2) is 23.8 Å². The number of benzene rings is 1. The fourth-order valence-electron chi connectivity index (χ4n) is 1.03. The van der Waals surface area contributed by atoms with Gasteiger partial charge in [-0.05, 0) is 24.0 Å². The van der Waals surface area contributed by atoms with Gasteiger partial charge in [-0.15, -0.1) is 11.8 Å². The summed E-state index contributed by atoms with van der Waals surface area (Å²) in [7, 11) is 1.30. The lowest BCUT2D eigenvalue weighted by Gasteiger charge is -2.04. The van der Waals surface area contributed by atoms with Crippen molar-refractivity contribution < 1.29 is 9.53 Å². The molecule has 0 saturated carbocycles. The third-order valence-corrected chi connectivity index (χ3v) is 4.73. The number of aliphatic imine (C=N–C) groups is 1. The number of rotatable bonds is 2. The average molecular weight is 324 g/mol. The number of amides is 1. The maximum atomic E-state index is 11.0. The highest BCUT2D eigenvalue weighted by Gasteiger charge is 2.05. The molecule has 0 bridgehead atoms. The van der Waals surface area contributed by atoms with E-state index < -0.39 is 6.09 Å². The molecule has 0 spiro atoms. The molecule has 0 aliphatic carbocycles. The topological polar surface area (TPSA) is 38.7 Å². The Morgan fingerprint density at radius 1 is 1.39 bits per heavy atom. The summed E-state index contributed by atoms with van der Waals surface area (Å²) in [5.74, 6) is 0.660. The van der Waals surface area contributed by atoms with E-state index in [2.05, 4.69) is 9.73 Å². The molecule has 1 amide bonds. The van der Waals surface area contributed by atoms with E-state index in [1.54, 1.807) is 12.1 Å². The summed E-state index contributed by atoms with van der Waals surface area (Å²) >= 11 is 14.6. The van der Waals surface area contributed by atoms with Crippen LogP contribution in [-0.2, 0) is 10.5 Å². The zero-order valence-electron chi connectivity index (χ0n) is 9.78. The van der Waals surface area contributed by atoms with Gasteiger partial charge in [-0.25, -0.2) is 4.79 Å².